The molecule has 0 aliphatic heterocycles. The van der Waals surface area contributed by atoms with Gasteiger partial charge in [-0.05, 0) is 42.0 Å². The summed E-state index contributed by atoms with van der Waals surface area (Å²) in [5.74, 6) is 0. The minimum Gasteiger partial charge on any atom is -0.399 e. The van der Waals surface area contributed by atoms with Crippen molar-refractivity contribution in [1.29, 1.82) is 0 Å². The van der Waals surface area contributed by atoms with Crippen molar-refractivity contribution in [2.75, 3.05) is 5.73 Å². The van der Waals surface area contributed by atoms with E-state index >= 15 is 0 Å². The average Bonchev–Trinajstić information content (AvgIpc) is 2.99. The fourth-order valence-corrected chi connectivity index (χ4v) is 2.60. The zero-order chi connectivity index (χ0) is 14.9. The number of nitrogens with two attached hydrogens (primary N) is 1. The van der Waals surface area contributed by atoms with E-state index in [1.807, 2.05) is 42.9 Å². The lowest BCUT2D eigenvalue weighted by Gasteiger charge is -2.07. The Morgan fingerprint density at radius 1 is 0.909 bits per heavy atom. The highest BCUT2D eigenvalue weighted by Crippen LogP contribution is 2.24. The number of nitrogen functional groups attached to an aromatic ring is 1. The molecule has 2 heterocycles. The molecule has 4 nitrogen and oxygen atoms in total. The van der Waals surface area contributed by atoms with Gasteiger partial charge < -0.3 is 5.73 Å². The van der Waals surface area contributed by atoms with Gasteiger partial charge in [0.25, 0.3) is 0 Å². The highest BCUT2D eigenvalue weighted by molar-refractivity contribution is 5.81. The lowest BCUT2D eigenvalue weighted by Crippen LogP contribution is -1.93. The van der Waals surface area contributed by atoms with Crippen LogP contribution in [0.3, 0.4) is 0 Å². The Labute approximate surface area is 127 Å². The summed E-state index contributed by atoms with van der Waals surface area (Å²) in [5.41, 5.74) is 11.8. The largest absolute Gasteiger partial charge is 0.399 e. The van der Waals surface area contributed by atoms with Crippen molar-refractivity contribution < 1.29 is 0 Å². The van der Waals surface area contributed by atoms with Crippen LogP contribution in [0.1, 0.15) is 0 Å². The van der Waals surface area contributed by atoms with Crippen LogP contribution in [0.5, 0.6) is 0 Å². The predicted molar refractivity (Wildman–Crippen MR) is 88.7 cm³/mol. The molecule has 106 valence electrons. The SMILES string of the molecule is Nc1ccc2c(c1)ncn2-c1cccc(-c2cccnc2)c1. The molecule has 4 rings (SSSR count). The Morgan fingerprint density at radius 3 is 2.68 bits per heavy atom. The number of anilines is 1. The van der Waals surface area contributed by atoms with Gasteiger partial charge in [-0.2, -0.15) is 0 Å². The van der Waals surface area contributed by atoms with E-state index in [2.05, 4.69) is 38.8 Å². The highest BCUT2D eigenvalue weighted by Gasteiger charge is 2.06. The summed E-state index contributed by atoms with van der Waals surface area (Å²) in [6, 6.07) is 18.1. The van der Waals surface area contributed by atoms with Crippen LogP contribution in [-0.4, -0.2) is 14.5 Å². The minimum absolute atomic E-state index is 0.724. The van der Waals surface area contributed by atoms with E-state index in [4.69, 9.17) is 5.73 Å². The molecule has 0 fully saturated rings. The summed E-state index contributed by atoms with van der Waals surface area (Å²) in [7, 11) is 0. The molecule has 0 atom stereocenters. The third-order valence-corrected chi connectivity index (χ3v) is 3.69. The fourth-order valence-electron chi connectivity index (χ4n) is 2.60. The molecule has 0 amide bonds. The number of pyridine rings is 1. The number of nitrogens with zero attached hydrogens (tertiary/aromatic N) is 3. The van der Waals surface area contributed by atoms with Gasteiger partial charge in [-0.1, -0.05) is 18.2 Å². The zero-order valence-electron chi connectivity index (χ0n) is 11.8. The summed E-state index contributed by atoms with van der Waals surface area (Å²) in [6.45, 7) is 0. The molecule has 22 heavy (non-hydrogen) atoms. The summed E-state index contributed by atoms with van der Waals surface area (Å²) < 4.78 is 2.06. The van der Waals surface area contributed by atoms with Crippen LogP contribution in [0.15, 0.2) is 73.3 Å². The summed E-state index contributed by atoms with van der Waals surface area (Å²) in [5, 5.41) is 0. The van der Waals surface area contributed by atoms with Crippen molar-refractivity contribution >= 4 is 16.7 Å². The molecular formula is C18H14N4. The van der Waals surface area contributed by atoms with E-state index in [0.29, 0.717) is 0 Å². The molecule has 0 unspecified atom stereocenters. The maximum atomic E-state index is 5.82. The Hall–Kier alpha value is -3.14. The second-order valence-electron chi connectivity index (χ2n) is 5.15. The van der Waals surface area contributed by atoms with Gasteiger partial charge in [0.05, 0.1) is 11.0 Å². The molecule has 0 spiro atoms. The van der Waals surface area contributed by atoms with Crippen molar-refractivity contribution in [3.05, 3.63) is 73.3 Å². The first-order valence-electron chi connectivity index (χ1n) is 7.05. The molecule has 0 saturated carbocycles. The average molecular weight is 286 g/mol. The molecule has 0 saturated heterocycles. The molecule has 0 aliphatic carbocycles. The smallest absolute Gasteiger partial charge is 0.100 e. The first-order valence-corrected chi connectivity index (χ1v) is 7.05. The third-order valence-electron chi connectivity index (χ3n) is 3.69. The van der Waals surface area contributed by atoms with Crippen molar-refractivity contribution in [3.63, 3.8) is 0 Å². The number of imidazole rings is 1. The van der Waals surface area contributed by atoms with Gasteiger partial charge in [-0.3, -0.25) is 9.55 Å². The third kappa shape index (κ3) is 2.11. The number of rotatable bonds is 2. The molecule has 2 aromatic heterocycles. The summed E-state index contributed by atoms with van der Waals surface area (Å²) in [4.78, 5) is 8.61. The quantitative estimate of drug-likeness (QED) is 0.572. The maximum Gasteiger partial charge on any atom is 0.100 e. The molecule has 4 aromatic rings. The van der Waals surface area contributed by atoms with Gasteiger partial charge in [-0.15, -0.1) is 0 Å². The van der Waals surface area contributed by atoms with Gasteiger partial charge in [0, 0.05) is 29.3 Å². The molecule has 2 aromatic carbocycles. The van der Waals surface area contributed by atoms with Crippen LogP contribution in [0.25, 0.3) is 27.8 Å². The maximum absolute atomic E-state index is 5.82. The number of hydrogen-bond donors (Lipinski definition) is 1. The van der Waals surface area contributed by atoms with Gasteiger partial charge >= 0.3 is 0 Å². The molecule has 0 radical (unpaired) electrons. The lowest BCUT2D eigenvalue weighted by atomic mass is 10.1. The van der Waals surface area contributed by atoms with E-state index in [-0.39, 0.29) is 0 Å². The molecule has 0 bridgehead atoms. The van der Waals surface area contributed by atoms with Crippen LogP contribution in [-0.2, 0) is 0 Å². The second-order valence-corrected chi connectivity index (χ2v) is 5.15. The summed E-state index contributed by atoms with van der Waals surface area (Å²) >= 11 is 0. The Balaban J connectivity index is 1.85. The zero-order valence-corrected chi connectivity index (χ0v) is 11.8. The normalized spacial score (nSPS) is 10.9. The highest BCUT2D eigenvalue weighted by atomic mass is 15.0. The molecule has 4 heteroatoms. The Morgan fingerprint density at radius 2 is 1.82 bits per heavy atom. The molecular weight excluding hydrogens is 272 g/mol. The van der Waals surface area contributed by atoms with Crippen molar-refractivity contribution in [1.82, 2.24) is 14.5 Å². The van der Waals surface area contributed by atoms with Gasteiger partial charge in [0.1, 0.15) is 6.33 Å². The Kier molecular flexibility index (Phi) is 2.86. The van der Waals surface area contributed by atoms with E-state index in [1.165, 1.54) is 0 Å². The van der Waals surface area contributed by atoms with Crippen molar-refractivity contribution in [2.24, 2.45) is 0 Å². The van der Waals surface area contributed by atoms with Crippen LogP contribution in [0, 0.1) is 0 Å². The van der Waals surface area contributed by atoms with E-state index in [1.54, 1.807) is 6.20 Å². The first-order chi connectivity index (χ1) is 10.8. The minimum atomic E-state index is 0.724. The standard InChI is InChI=1S/C18H14N4/c19-15-6-7-18-17(10-15)21-12-22(18)16-5-1-3-13(9-16)14-4-2-8-20-11-14/h1-12H,19H2. The van der Waals surface area contributed by atoms with Crippen LogP contribution < -0.4 is 5.73 Å². The number of aromatic nitrogens is 3. The second kappa shape index (κ2) is 5.00. The van der Waals surface area contributed by atoms with Crippen molar-refractivity contribution in [3.8, 4) is 16.8 Å². The topological polar surface area (TPSA) is 56.7 Å². The fraction of sp³-hybridized carbons (Fsp3) is 0. The van der Waals surface area contributed by atoms with E-state index < -0.39 is 0 Å². The summed E-state index contributed by atoms with van der Waals surface area (Å²) in [6.07, 6.45) is 5.47. The van der Waals surface area contributed by atoms with E-state index in [0.717, 1.165) is 33.5 Å². The Bertz CT molecular complexity index is 942. The monoisotopic (exact) mass is 286 g/mol. The predicted octanol–water partition coefficient (Wildman–Crippen LogP) is 3.67. The van der Waals surface area contributed by atoms with Crippen LogP contribution in [0.2, 0.25) is 0 Å². The number of fused-ring (bicyclic) bond motifs is 1. The number of hydrogen-bond acceptors (Lipinski definition) is 3. The van der Waals surface area contributed by atoms with Gasteiger partial charge in [0.2, 0.25) is 0 Å². The van der Waals surface area contributed by atoms with E-state index in [9.17, 15) is 0 Å². The lowest BCUT2D eigenvalue weighted by molar-refractivity contribution is 1.09. The first kappa shape index (κ1) is 12.6. The molecule has 2 N–H and O–H groups in total. The molecule has 0 aliphatic rings. The van der Waals surface area contributed by atoms with Crippen LogP contribution in [0.4, 0.5) is 5.69 Å². The van der Waals surface area contributed by atoms with Crippen molar-refractivity contribution in [2.45, 2.75) is 0 Å². The van der Waals surface area contributed by atoms with Gasteiger partial charge in [-0.25, -0.2) is 4.98 Å². The number of benzene rings is 2. The van der Waals surface area contributed by atoms with Crippen LogP contribution >= 0.6 is 0 Å². The van der Waals surface area contributed by atoms with Gasteiger partial charge in [0.15, 0.2) is 0 Å².